The van der Waals surface area contributed by atoms with E-state index in [-0.39, 0.29) is 5.91 Å². The summed E-state index contributed by atoms with van der Waals surface area (Å²) in [6.45, 7) is 11.4. The summed E-state index contributed by atoms with van der Waals surface area (Å²) in [6.07, 6.45) is 6.19. The third kappa shape index (κ3) is 4.86. The number of hydrogen-bond donors (Lipinski definition) is 1. The summed E-state index contributed by atoms with van der Waals surface area (Å²) >= 11 is 0. The zero-order valence-corrected chi connectivity index (χ0v) is 17.2. The van der Waals surface area contributed by atoms with Crippen LogP contribution in [-0.4, -0.2) is 51.1 Å². The van der Waals surface area contributed by atoms with Crippen LogP contribution < -0.4 is 5.32 Å². The molecule has 1 aliphatic rings. The van der Waals surface area contributed by atoms with Crippen LogP contribution in [0.2, 0.25) is 0 Å². The number of hydrogen-bond acceptors (Lipinski definition) is 4. The highest BCUT2D eigenvalue weighted by molar-refractivity contribution is 5.76. The number of piperidine rings is 1. The SMILES string of the molecule is Cc1cc2nc(C)c(CCC(=O)NCCCN3CCCCC3C)c(C)n2n1. The van der Waals surface area contributed by atoms with E-state index in [9.17, 15) is 4.79 Å². The number of rotatable bonds is 7. The molecule has 148 valence electrons. The molecule has 6 heteroatoms. The van der Waals surface area contributed by atoms with Gasteiger partial charge < -0.3 is 10.2 Å². The summed E-state index contributed by atoms with van der Waals surface area (Å²) in [5.41, 5.74) is 5.04. The Morgan fingerprint density at radius 3 is 2.89 bits per heavy atom. The molecular formula is C21H33N5O. The van der Waals surface area contributed by atoms with E-state index in [1.165, 1.54) is 25.8 Å². The normalized spacial score (nSPS) is 18.1. The summed E-state index contributed by atoms with van der Waals surface area (Å²) in [4.78, 5) is 19.4. The zero-order chi connectivity index (χ0) is 19.4. The first kappa shape index (κ1) is 19.8. The van der Waals surface area contributed by atoms with E-state index in [1.807, 2.05) is 24.4 Å². The van der Waals surface area contributed by atoms with Gasteiger partial charge in [0.25, 0.3) is 0 Å². The summed E-state index contributed by atoms with van der Waals surface area (Å²) in [6, 6.07) is 2.67. The first-order valence-electron chi connectivity index (χ1n) is 10.3. The molecule has 1 N–H and O–H groups in total. The smallest absolute Gasteiger partial charge is 0.220 e. The third-order valence-electron chi connectivity index (χ3n) is 5.77. The minimum absolute atomic E-state index is 0.122. The van der Waals surface area contributed by atoms with Crippen molar-refractivity contribution >= 4 is 11.6 Å². The fourth-order valence-electron chi connectivity index (χ4n) is 4.13. The Morgan fingerprint density at radius 1 is 1.30 bits per heavy atom. The first-order valence-corrected chi connectivity index (χ1v) is 10.3. The lowest BCUT2D eigenvalue weighted by atomic mass is 10.0. The summed E-state index contributed by atoms with van der Waals surface area (Å²) in [5, 5.41) is 7.58. The third-order valence-corrected chi connectivity index (χ3v) is 5.77. The fraction of sp³-hybridized carbons (Fsp3) is 0.667. The number of nitrogens with zero attached hydrogens (tertiary/aromatic N) is 4. The molecule has 3 rings (SSSR count). The first-order chi connectivity index (χ1) is 13.0. The number of aryl methyl sites for hydroxylation is 3. The van der Waals surface area contributed by atoms with Crippen molar-refractivity contribution < 1.29 is 4.79 Å². The Balaban J connectivity index is 1.46. The average Bonchev–Trinajstić information content (AvgIpc) is 3.00. The number of fused-ring (bicyclic) bond motifs is 1. The van der Waals surface area contributed by atoms with Crippen molar-refractivity contribution in [1.82, 2.24) is 24.8 Å². The Labute approximate surface area is 162 Å². The van der Waals surface area contributed by atoms with E-state index in [0.29, 0.717) is 18.9 Å². The molecule has 27 heavy (non-hydrogen) atoms. The Bertz CT molecular complexity index is 797. The zero-order valence-electron chi connectivity index (χ0n) is 17.2. The summed E-state index contributed by atoms with van der Waals surface area (Å²) < 4.78 is 1.88. The van der Waals surface area contributed by atoms with Crippen molar-refractivity contribution in [3.8, 4) is 0 Å². The molecule has 2 aromatic rings. The molecule has 2 aromatic heterocycles. The van der Waals surface area contributed by atoms with Crippen LogP contribution in [0.25, 0.3) is 5.65 Å². The van der Waals surface area contributed by atoms with Crippen molar-refractivity contribution in [3.63, 3.8) is 0 Å². The van der Waals surface area contributed by atoms with E-state index < -0.39 is 0 Å². The van der Waals surface area contributed by atoms with Crippen molar-refractivity contribution in [3.05, 3.63) is 28.7 Å². The number of nitrogens with one attached hydrogen (secondary N) is 1. The van der Waals surface area contributed by atoms with Gasteiger partial charge in [-0.15, -0.1) is 0 Å². The van der Waals surface area contributed by atoms with Gasteiger partial charge in [-0.2, -0.15) is 5.10 Å². The second kappa shape index (κ2) is 8.83. The van der Waals surface area contributed by atoms with Gasteiger partial charge in [0.05, 0.1) is 5.69 Å². The number of carbonyl (C=O) groups excluding carboxylic acids is 1. The molecule has 3 heterocycles. The van der Waals surface area contributed by atoms with Crippen molar-refractivity contribution in [1.29, 1.82) is 0 Å². The van der Waals surface area contributed by atoms with E-state index >= 15 is 0 Å². The van der Waals surface area contributed by atoms with Crippen LogP contribution in [0.5, 0.6) is 0 Å². The minimum Gasteiger partial charge on any atom is -0.356 e. The second-order valence-electron chi connectivity index (χ2n) is 7.90. The van der Waals surface area contributed by atoms with Gasteiger partial charge in [-0.3, -0.25) is 4.79 Å². The van der Waals surface area contributed by atoms with Gasteiger partial charge in [0.2, 0.25) is 5.91 Å². The van der Waals surface area contributed by atoms with E-state index in [4.69, 9.17) is 0 Å². The molecule has 1 unspecified atom stereocenters. The van der Waals surface area contributed by atoms with Crippen LogP contribution in [-0.2, 0) is 11.2 Å². The van der Waals surface area contributed by atoms with E-state index in [1.54, 1.807) is 0 Å². The molecular weight excluding hydrogens is 338 g/mol. The van der Waals surface area contributed by atoms with Gasteiger partial charge in [0, 0.05) is 43.0 Å². The minimum atomic E-state index is 0.122. The van der Waals surface area contributed by atoms with Crippen LogP contribution in [0.15, 0.2) is 6.07 Å². The largest absolute Gasteiger partial charge is 0.356 e. The van der Waals surface area contributed by atoms with Crippen LogP contribution in [0.1, 0.15) is 61.7 Å². The molecule has 0 aromatic carbocycles. The van der Waals surface area contributed by atoms with Gasteiger partial charge in [0.15, 0.2) is 5.65 Å². The predicted octanol–water partition coefficient (Wildman–Crippen LogP) is 2.97. The van der Waals surface area contributed by atoms with Crippen LogP contribution in [0.3, 0.4) is 0 Å². The lowest BCUT2D eigenvalue weighted by Gasteiger charge is -2.33. The van der Waals surface area contributed by atoms with E-state index in [2.05, 4.69) is 34.1 Å². The highest BCUT2D eigenvalue weighted by atomic mass is 16.1. The molecule has 1 atom stereocenters. The highest BCUT2D eigenvalue weighted by Crippen LogP contribution is 2.17. The number of amides is 1. The molecule has 1 amide bonds. The number of aromatic nitrogens is 3. The van der Waals surface area contributed by atoms with E-state index in [0.717, 1.165) is 47.8 Å². The molecule has 6 nitrogen and oxygen atoms in total. The quantitative estimate of drug-likeness (QED) is 0.760. The lowest BCUT2D eigenvalue weighted by Crippen LogP contribution is -2.39. The molecule has 0 aliphatic carbocycles. The van der Waals surface area contributed by atoms with Crippen molar-refractivity contribution in [2.45, 2.75) is 72.3 Å². The van der Waals surface area contributed by atoms with Crippen molar-refractivity contribution in [2.24, 2.45) is 0 Å². The van der Waals surface area contributed by atoms with Crippen molar-refractivity contribution in [2.75, 3.05) is 19.6 Å². The standard InChI is InChI=1S/C21H33N5O/c1-15-14-20-23-17(3)19(18(4)26(20)24-15)9-10-21(27)22-11-7-13-25-12-6-5-8-16(25)2/h14,16H,5-13H2,1-4H3,(H,22,27). The molecule has 0 radical (unpaired) electrons. The van der Waals surface area contributed by atoms with Gasteiger partial charge in [-0.05, 0) is 65.5 Å². The van der Waals surface area contributed by atoms with Crippen LogP contribution >= 0.6 is 0 Å². The highest BCUT2D eigenvalue weighted by Gasteiger charge is 2.17. The molecule has 0 spiro atoms. The topological polar surface area (TPSA) is 62.5 Å². The Hall–Kier alpha value is -1.95. The predicted molar refractivity (Wildman–Crippen MR) is 108 cm³/mol. The van der Waals surface area contributed by atoms with Gasteiger partial charge in [0.1, 0.15) is 0 Å². The molecule has 1 fully saturated rings. The maximum Gasteiger partial charge on any atom is 0.220 e. The second-order valence-corrected chi connectivity index (χ2v) is 7.90. The van der Waals surface area contributed by atoms with Crippen LogP contribution in [0, 0.1) is 20.8 Å². The lowest BCUT2D eigenvalue weighted by molar-refractivity contribution is -0.121. The number of likely N-dealkylation sites (tertiary alicyclic amines) is 1. The molecule has 1 aliphatic heterocycles. The summed E-state index contributed by atoms with van der Waals surface area (Å²) in [7, 11) is 0. The molecule has 1 saturated heterocycles. The maximum absolute atomic E-state index is 12.3. The van der Waals surface area contributed by atoms with Crippen LogP contribution in [0.4, 0.5) is 0 Å². The average molecular weight is 372 g/mol. The number of carbonyl (C=O) groups is 1. The monoisotopic (exact) mass is 371 g/mol. The Morgan fingerprint density at radius 2 is 2.11 bits per heavy atom. The Kier molecular flexibility index (Phi) is 6.47. The van der Waals surface area contributed by atoms with Gasteiger partial charge in [-0.25, -0.2) is 9.50 Å². The summed E-state index contributed by atoms with van der Waals surface area (Å²) in [5.74, 6) is 0.122. The fourth-order valence-corrected chi connectivity index (χ4v) is 4.13. The molecule has 0 saturated carbocycles. The molecule has 0 bridgehead atoms. The van der Waals surface area contributed by atoms with Gasteiger partial charge in [-0.1, -0.05) is 6.42 Å². The maximum atomic E-state index is 12.3. The van der Waals surface area contributed by atoms with Gasteiger partial charge >= 0.3 is 0 Å².